The van der Waals surface area contributed by atoms with E-state index in [4.69, 9.17) is 16.7 Å². The Morgan fingerprint density at radius 1 is 1.11 bits per heavy atom. The van der Waals surface area contributed by atoms with Crippen molar-refractivity contribution in [2.45, 2.75) is 30.7 Å². The molecule has 0 radical (unpaired) electrons. The van der Waals surface area contributed by atoms with E-state index in [0.29, 0.717) is 31.5 Å². The van der Waals surface area contributed by atoms with Gasteiger partial charge in [0, 0.05) is 30.4 Å². The van der Waals surface area contributed by atoms with Crippen molar-refractivity contribution in [1.29, 1.82) is 0 Å². The van der Waals surface area contributed by atoms with Gasteiger partial charge in [0.05, 0.1) is 16.9 Å². The number of nitrogens with zero attached hydrogens (tertiary/aromatic N) is 2. The first kappa shape index (κ1) is 25.0. The summed E-state index contributed by atoms with van der Waals surface area (Å²) in [6, 6.07) is 10.0. The molecule has 2 aromatic carbocycles. The van der Waals surface area contributed by atoms with Gasteiger partial charge in [-0.05, 0) is 61.1 Å². The fourth-order valence-corrected chi connectivity index (χ4v) is 4.72. The van der Waals surface area contributed by atoms with Crippen LogP contribution < -0.4 is 10.5 Å². The summed E-state index contributed by atoms with van der Waals surface area (Å²) in [5, 5.41) is 7.79. The number of anilines is 2. The van der Waals surface area contributed by atoms with E-state index >= 15 is 0 Å². The van der Waals surface area contributed by atoms with Crippen molar-refractivity contribution in [1.82, 2.24) is 9.88 Å². The Kier molecular flexibility index (Phi) is 7.07. The molecule has 0 spiro atoms. The summed E-state index contributed by atoms with van der Waals surface area (Å²) in [6.45, 7) is 2.56. The number of pyridine rings is 1. The van der Waals surface area contributed by atoms with Crippen molar-refractivity contribution in [3.8, 4) is 0 Å². The molecule has 0 bridgehead atoms. The van der Waals surface area contributed by atoms with E-state index < -0.39 is 20.9 Å². The summed E-state index contributed by atoms with van der Waals surface area (Å²) in [5.41, 5.74) is 1.74. The van der Waals surface area contributed by atoms with Gasteiger partial charge in [0.15, 0.2) is 5.03 Å². The highest BCUT2D eigenvalue weighted by Gasteiger charge is 2.27. The van der Waals surface area contributed by atoms with Crippen LogP contribution in [0.2, 0.25) is 5.02 Å². The second-order valence-electron chi connectivity index (χ2n) is 8.44. The maximum atomic E-state index is 14.5. The Balaban J connectivity index is 1.60. The Morgan fingerprint density at radius 2 is 1.77 bits per heavy atom. The van der Waals surface area contributed by atoms with Crippen LogP contribution in [0.5, 0.6) is 0 Å². The zero-order valence-electron chi connectivity index (χ0n) is 18.8. The van der Waals surface area contributed by atoms with Crippen molar-refractivity contribution >= 4 is 38.9 Å². The molecule has 184 valence electrons. The summed E-state index contributed by atoms with van der Waals surface area (Å²) >= 11 is 5.97. The molecule has 3 aromatic rings. The van der Waals surface area contributed by atoms with Gasteiger partial charge in [0.2, 0.25) is 0 Å². The van der Waals surface area contributed by atoms with E-state index in [-0.39, 0.29) is 39.6 Å². The Bertz CT molecular complexity index is 1380. The predicted octanol–water partition coefficient (Wildman–Crippen LogP) is 4.73. The molecule has 2 heterocycles. The lowest BCUT2D eigenvalue weighted by atomic mass is 9.89. The quantitative estimate of drug-likeness (QED) is 0.506. The molecule has 1 aliphatic heterocycles. The van der Waals surface area contributed by atoms with Crippen molar-refractivity contribution < 1.29 is 22.0 Å². The minimum absolute atomic E-state index is 0.0162. The lowest BCUT2D eigenvalue weighted by Crippen LogP contribution is -2.38. The molecule has 35 heavy (non-hydrogen) atoms. The minimum atomic E-state index is -4.17. The van der Waals surface area contributed by atoms with Crippen LogP contribution >= 0.6 is 11.6 Å². The van der Waals surface area contributed by atoms with E-state index in [1.54, 1.807) is 24.0 Å². The number of primary sulfonamides is 1. The van der Waals surface area contributed by atoms with Gasteiger partial charge in [0.1, 0.15) is 11.6 Å². The lowest BCUT2D eigenvalue weighted by Gasteiger charge is -2.32. The molecule has 7 nitrogen and oxygen atoms in total. The third-order valence-electron chi connectivity index (χ3n) is 6.04. The van der Waals surface area contributed by atoms with Gasteiger partial charge in [-0.25, -0.2) is 27.3 Å². The van der Waals surface area contributed by atoms with Crippen LogP contribution in [0.25, 0.3) is 0 Å². The van der Waals surface area contributed by atoms with Crippen LogP contribution in [0.15, 0.2) is 53.7 Å². The fraction of sp³-hybridized carbons (Fsp3) is 0.250. The van der Waals surface area contributed by atoms with Crippen LogP contribution in [-0.4, -0.2) is 37.3 Å². The van der Waals surface area contributed by atoms with E-state index in [1.807, 2.05) is 0 Å². The number of benzene rings is 2. The number of aromatic nitrogens is 1. The SMILES string of the molecule is Cc1cc(Nc2cc(S(N)(=O)=O)ncc2C(=O)N2CCC(c3ccc(F)cc3)CC2)c(F)cc1Cl. The molecule has 0 unspecified atom stereocenters. The second kappa shape index (κ2) is 9.88. The zero-order valence-corrected chi connectivity index (χ0v) is 20.3. The normalized spacial score (nSPS) is 14.7. The van der Waals surface area contributed by atoms with Gasteiger partial charge in [-0.2, -0.15) is 0 Å². The maximum absolute atomic E-state index is 14.5. The average molecular weight is 521 g/mol. The molecule has 0 saturated carbocycles. The Hall–Kier alpha value is -3.08. The second-order valence-corrected chi connectivity index (χ2v) is 10.4. The topological polar surface area (TPSA) is 105 Å². The number of nitrogens with one attached hydrogen (secondary N) is 1. The smallest absolute Gasteiger partial charge is 0.257 e. The van der Waals surface area contributed by atoms with Crippen LogP contribution in [0.4, 0.5) is 20.2 Å². The molecule has 3 N–H and O–H groups in total. The summed E-state index contributed by atoms with van der Waals surface area (Å²) < 4.78 is 51.5. The monoisotopic (exact) mass is 520 g/mol. The lowest BCUT2D eigenvalue weighted by molar-refractivity contribution is 0.0713. The molecule has 4 rings (SSSR count). The van der Waals surface area contributed by atoms with Gasteiger partial charge in [-0.1, -0.05) is 23.7 Å². The number of piperidine rings is 1. The van der Waals surface area contributed by atoms with E-state index in [0.717, 1.165) is 23.9 Å². The predicted molar refractivity (Wildman–Crippen MR) is 129 cm³/mol. The Morgan fingerprint density at radius 3 is 2.40 bits per heavy atom. The molecule has 1 fully saturated rings. The molecular formula is C24H23ClF2N4O3S. The highest BCUT2D eigenvalue weighted by molar-refractivity contribution is 7.89. The number of carbonyl (C=O) groups is 1. The minimum Gasteiger partial charge on any atom is -0.352 e. The number of sulfonamides is 1. The number of amides is 1. The first-order chi connectivity index (χ1) is 16.5. The summed E-state index contributed by atoms with van der Waals surface area (Å²) in [6.07, 6.45) is 2.47. The number of aryl methyl sites for hydroxylation is 1. The van der Waals surface area contributed by atoms with Crippen LogP contribution in [0, 0.1) is 18.6 Å². The third-order valence-corrected chi connectivity index (χ3v) is 7.26. The molecule has 1 aliphatic rings. The van der Waals surface area contributed by atoms with Gasteiger partial charge >= 0.3 is 0 Å². The summed E-state index contributed by atoms with van der Waals surface area (Å²) in [7, 11) is -4.17. The van der Waals surface area contributed by atoms with Gasteiger partial charge in [-0.3, -0.25) is 4.79 Å². The van der Waals surface area contributed by atoms with Crippen molar-refractivity contribution in [2.24, 2.45) is 5.14 Å². The van der Waals surface area contributed by atoms with Crippen LogP contribution in [-0.2, 0) is 10.0 Å². The summed E-state index contributed by atoms with van der Waals surface area (Å²) in [5.74, 6) is -1.17. The molecule has 1 amide bonds. The van der Waals surface area contributed by atoms with Crippen molar-refractivity contribution in [3.63, 3.8) is 0 Å². The molecular weight excluding hydrogens is 498 g/mol. The first-order valence-electron chi connectivity index (χ1n) is 10.8. The van der Waals surface area contributed by atoms with Gasteiger partial charge in [0.25, 0.3) is 15.9 Å². The number of hydrogen-bond acceptors (Lipinski definition) is 5. The summed E-state index contributed by atoms with van der Waals surface area (Å²) in [4.78, 5) is 18.8. The zero-order chi connectivity index (χ0) is 25.3. The molecule has 0 aliphatic carbocycles. The highest BCUT2D eigenvalue weighted by Crippen LogP contribution is 2.32. The maximum Gasteiger partial charge on any atom is 0.257 e. The number of nitrogens with two attached hydrogens (primary N) is 1. The van der Waals surface area contributed by atoms with E-state index in [2.05, 4.69) is 10.3 Å². The molecule has 1 saturated heterocycles. The molecule has 0 atom stereocenters. The van der Waals surface area contributed by atoms with Gasteiger partial charge in [-0.15, -0.1) is 0 Å². The Labute approximate surface area is 207 Å². The van der Waals surface area contributed by atoms with Crippen LogP contribution in [0.1, 0.15) is 40.2 Å². The van der Waals surface area contributed by atoms with Crippen molar-refractivity contribution in [2.75, 3.05) is 18.4 Å². The van der Waals surface area contributed by atoms with Gasteiger partial charge < -0.3 is 10.2 Å². The fourth-order valence-electron chi connectivity index (χ4n) is 4.08. The van der Waals surface area contributed by atoms with Crippen LogP contribution in [0.3, 0.4) is 0 Å². The van der Waals surface area contributed by atoms with E-state index in [9.17, 15) is 22.0 Å². The first-order valence-corrected chi connectivity index (χ1v) is 12.8. The third kappa shape index (κ3) is 5.61. The number of hydrogen-bond donors (Lipinski definition) is 2. The number of likely N-dealkylation sites (tertiary alicyclic amines) is 1. The largest absolute Gasteiger partial charge is 0.352 e. The number of rotatable bonds is 5. The van der Waals surface area contributed by atoms with Crippen molar-refractivity contribution in [3.05, 3.63) is 82.0 Å². The molecule has 1 aromatic heterocycles. The average Bonchev–Trinajstić information content (AvgIpc) is 2.82. The number of carbonyl (C=O) groups excluding carboxylic acids is 1. The standard InChI is InChI=1S/C24H23ClF2N4O3S/c1-14-10-22(20(27)11-19(14)25)30-21-12-23(35(28,33)34)29-13-18(21)24(32)31-8-6-16(7-9-31)15-2-4-17(26)5-3-15/h2-5,10-13,16H,6-9H2,1H3,(H,29,30)(H2,28,33,34). The number of halogens is 3. The molecule has 11 heteroatoms. The van der Waals surface area contributed by atoms with E-state index in [1.165, 1.54) is 18.2 Å². The highest BCUT2D eigenvalue weighted by atomic mass is 35.5.